The summed E-state index contributed by atoms with van der Waals surface area (Å²) in [6.45, 7) is 1.60. The van der Waals surface area contributed by atoms with Crippen LogP contribution in [0.15, 0.2) is 24.3 Å². The lowest BCUT2D eigenvalue weighted by Crippen LogP contribution is -2.34. The maximum atomic E-state index is 10.9. The van der Waals surface area contributed by atoms with Crippen molar-refractivity contribution in [3.63, 3.8) is 0 Å². The Morgan fingerprint density at radius 2 is 2.25 bits per heavy atom. The van der Waals surface area contributed by atoms with Crippen molar-refractivity contribution in [1.82, 2.24) is 4.90 Å². The minimum atomic E-state index is -0.673. The molecule has 0 saturated carbocycles. The zero-order valence-corrected chi connectivity index (χ0v) is 9.52. The van der Waals surface area contributed by atoms with E-state index < -0.39 is 5.60 Å². The van der Waals surface area contributed by atoms with Crippen molar-refractivity contribution in [3.8, 4) is 0 Å². The van der Waals surface area contributed by atoms with Crippen molar-refractivity contribution in [3.05, 3.63) is 35.4 Å². The third kappa shape index (κ3) is 2.31. The van der Waals surface area contributed by atoms with Gasteiger partial charge in [-0.2, -0.15) is 0 Å². The number of nitrogens with zero attached hydrogens (tertiary/aromatic N) is 1. The summed E-state index contributed by atoms with van der Waals surface area (Å²) in [5.74, 6) is 0. The maximum Gasteiger partial charge on any atom is 0.150 e. The number of carbonyl (C=O) groups is 1. The number of rotatable bonds is 3. The van der Waals surface area contributed by atoms with E-state index in [0.29, 0.717) is 18.5 Å². The van der Waals surface area contributed by atoms with Crippen LogP contribution < -0.4 is 0 Å². The molecule has 86 valence electrons. The largest absolute Gasteiger partial charge is 0.388 e. The van der Waals surface area contributed by atoms with E-state index in [4.69, 9.17) is 0 Å². The molecule has 1 unspecified atom stereocenters. The lowest BCUT2D eigenvalue weighted by atomic mass is 9.91. The maximum absolute atomic E-state index is 10.9. The first-order valence-corrected chi connectivity index (χ1v) is 5.57. The number of likely N-dealkylation sites (tertiary alicyclic amines) is 1. The van der Waals surface area contributed by atoms with Crippen molar-refractivity contribution in [1.29, 1.82) is 0 Å². The van der Waals surface area contributed by atoms with Gasteiger partial charge in [0.1, 0.15) is 6.29 Å². The minimum absolute atomic E-state index is 0.562. The molecule has 1 N–H and O–H groups in total. The molecule has 1 fully saturated rings. The average Bonchev–Trinajstić information content (AvgIpc) is 2.59. The molecule has 1 heterocycles. The Balaban J connectivity index is 2.17. The molecule has 0 amide bonds. The number of carbonyl (C=O) groups excluding carboxylic acids is 1. The van der Waals surface area contributed by atoms with Gasteiger partial charge in [-0.05, 0) is 19.0 Å². The summed E-state index contributed by atoms with van der Waals surface area (Å²) in [4.78, 5) is 13.0. The van der Waals surface area contributed by atoms with Gasteiger partial charge in [0.15, 0.2) is 0 Å². The van der Waals surface area contributed by atoms with Gasteiger partial charge in [-0.25, -0.2) is 0 Å². The highest BCUT2D eigenvalue weighted by molar-refractivity contribution is 5.77. The highest BCUT2D eigenvalue weighted by Gasteiger charge is 2.34. The van der Waals surface area contributed by atoms with Crippen LogP contribution in [0.25, 0.3) is 0 Å². The van der Waals surface area contributed by atoms with Gasteiger partial charge in [-0.1, -0.05) is 24.3 Å². The van der Waals surface area contributed by atoms with E-state index in [-0.39, 0.29) is 0 Å². The number of β-amino-alcohol motifs (C(OH)–C–C–N with tert-alkyl or cyclic N) is 1. The van der Waals surface area contributed by atoms with Gasteiger partial charge in [-0.15, -0.1) is 0 Å². The molecule has 1 aromatic rings. The molecule has 3 heteroatoms. The molecule has 1 aromatic carbocycles. The number of benzene rings is 1. The minimum Gasteiger partial charge on any atom is -0.388 e. The molecule has 0 radical (unpaired) electrons. The Morgan fingerprint density at radius 1 is 1.50 bits per heavy atom. The van der Waals surface area contributed by atoms with E-state index in [1.165, 1.54) is 0 Å². The quantitative estimate of drug-likeness (QED) is 0.774. The molecule has 1 aliphatic heterocycles. The molecule has 2 rings (SSSR count). The van der Waals surface area contributed by atoms with Crippen molar-refractivity contribution >= 4 is 6.29 Å². The fourth-order valence-electron chi connectivity index (χ4n) is 2.37. The molecule has 1 atom stereocenters. The first kappa shape index (κ1) is 11.3. The van der Waals surface area contributed by atoms with Gasteiger partial charge >= 0.3 is 0 Å². The molecule has 1 aliphatic rings. The summed E-state index contributed by atoms with van der Waals surface area (Å²) in [5, 5.41) is 10.4. The van der Waals surface area contributed by atoms with E-state index in [2.05, 4.69) is 4.90 Å². The first-order valence-electron chi connectivity index (χ1n) is 5.57. The number of hydrogen-bond donors (Lipinski definition) is 1. The number of hydrogen-bond acceptors (Lipinski definition) is 3. The van der Waals surface area contributed by atoms with Crippen LogP contribution >= 0.6 is 0 Å². The van der Waals surface area contributed by atoms with Gasteiger partial charge in [-0.3, -0.25) is 4.79 Å². The molecule has 1 saturated heterocycles. The second-order valence-electron chi connectivity index (χ2n) is 4.71. The van der Waals surface area contributed by atoms with Crippen LogP contribution in [0.3, 0.4) is 0 Å². The van der Waals surface area contributed by atoms with Crippen molar-refractivity contribution in [2.24, 2.45) is 0 Å². The molecule has 3 nitrogen and oxygen atoms in total. The predicted octanol–water partition coefficient (Wildman–Crippen LogP) is 1.11. The van der Waals surface area contributed by atoms with E-state index in [0.717, 1.165) is 24.8 Å². The third-order valence-corrected chi connectivity index (χ3v) is 3.22. The molecule has 0 aliphatic carbocycles. The Kier molecular flexibility index (Phi) is 3.08. The smallest absolute Gasteiger partial charge is 0.150 e. The van der Waals surface area contributed by atoms with Gasteiger partial charge in [0, 0.05) is 25.1 Å². The number of aliphatic hydroxyl groups is 1. The van der Waals surface area contributed by atoms with Crippen LogP contribution in [0, 0.1) is 0 Å². The average molecular weight is 219 g/mol. The second kappa shape index (κ2) is 4.36. The fraction of sp³-hybridized carbons (Fsp3) is 0.462. The SMILES string of the molecule is CN1CCC(O)(Cc2ccccc2C=O)C1. The van der Waals surface area contributed by atoms with Crippen molar-refractivity contribution in [2.45, 2.75) is 18.4 Å². The summed E-state index contributed by atoms with van der Waals surface area (Å²) in [6.07, 6.45) is 2.19. The zero-order chi connectivity index (χ0) is 11.6. The van der Waals surface area contributed by atoms with Gasteiger partial charge < -0.3 is 10.0 Å². The Labute approximate surface area is 95.7 Å². The lowest BCUT2D eigenvalue weighted by molar-refractivity contribution is 0.0522. The first-order chi connectivity index (χ1) is 7.63. The second-order valence-corrected chi connectivity index (χ2v) is 4.71. The monoisotopic (exact) mass is 219 g/mol. The summed E-state index contributed by atoms with van der Waals surface area (Å²) in [7, 11) is 2.00. The van der Waals surface area contributed by atoms with E-state index in [9.17, 15) is 9.90 Å². The van der Waals surface area contributed by atoms with Crippen LogP contribution in [-0.2, 0) is 6.42 Å². The summed E-state index contributed by atoms with van der Waals surface area (Å²) in [5.41, 5.74) is 0.953. The van der Waals surface area contributed by atoms with E-state index in [1.807, 2.05) is 25.2 Å². The van der Waals surface area contributed by atoms with Gasteiger partial charge in [0.2, 0.25) is 0 Å². The number of likely N-dealkylation sites (N-methyl/N-ethyl adjacent to an activating group) is 1. The Hall–Kier alpha value is -1.19. The van der Waals surface area contributed by atoms with Crippen LogP contribution in [-0.4, -0.2) is 42.0 Å². The third-order valence-electron chi connectivity index (χ3n) is 3.22. The summed E-state index contributed by atoms with van der Waals surface area (Å²) < 4.78 is 0. The molecule has 0 spiro atoms. The van der Waals surface area contributed by atoms with Crippen LogP contribution in [0.1, 0.15) is 22.3 Å². The fourth-order valence-corrected chi connectivity index (χ4v) is 2.37. The number of aldehydes is 1. The van der Waals surface area contributed by atoms with Crippen molar-refractivity contribution < 1.29 is 9.90 Å². The van der Waals surface area contributed by atoms with Gasteiger partial charge in [0.05, 0.1) is 5.60 Å². The van der Waals surface area contributed by atoms with Gasteiger partial charge in [0.25, 0.3) is 0 Å². The molecular weight excluding hydrogens is 202 g/mol. The molecule has 0 bridgehead atoms. The highest BCUT2D eigenvalue weighted by Crippen LogP contribution is 2.25. The predicted molar refractivity (Wildman–Crippen MR) is 62.6 cm³/mol. The topological polar surface area (TPSA) is 40.5 Å². The van der Waals surface area contributed by atoms with Crippen LogP contribution in [0.2, 0.25) is 0 Å². The summed E-state index contributed by atoms with van der Waals surface area (Å²) in [6, 6.07) is 7.47. The lowest BCUT2D eigenvalue weighted by Gasteiger charge is -2.23. The Morgan fingerprint density at radius 3 is 2.88 bits per heavy atom. The zero-order valence-electron chi connectivity index (χ0n) is 9.52. The standard InChI is InChI=1S/C13H17NO2/c1-14-7-6-13(16,10-14)8-11-4-2-3-5-12(11)9-15/h2-5,9,16H,6-8,10H2,1H3. The Bertz CT molecular complexity index is 391. The normalized spacial score (nSPS) is 25.9. The van der Waals surface area contributed by atoms with Crippen LogP contribution in [0.5, 0.6) is 0 Å². The van der Waals surface area contributed by atoms with Crippen LogP contribution in [0.4, 0.5) is 0 Å². The van der Waals surface area contributed by atoms with Crippen molar-refractivity contribution in [2.75, 3.05) is 20.1 Å². The van der Waals surface area contributed by atoms with E-state index >= 15 is 0 Å². The highest BCUT2D eigenvalue weighted by atomic mass is 16.3. The molecule has 0 aromatic heterocycles. The van der Waals surface area contributed by atoms with E-state index in [1.54, 1.807) is 6.07 Å². The molecular formula is C13H17NO2. The molecule has 16 heavy (non-hydrogen) atoms. The summed E-state index contributed by atoms with van der Waals surface area (Å²) >= 11 is 0.